The number of hydrogen-bond donors (Lipinski definition) is 5. The van der Waals surface area contributed by atoms with E-state index in [0.717, 1.165) is 4.90 Å². The number of benzene rings is 1. The molecule has 1 aromatic carbocycles. The van der Waals surface area contributed by atoms with Crippen LogP contribution >= 0.6 is 0 Å². The first-order valence-electron chi connectivity index (χ1n) is 7.05. The van der Waals surface area contributed by atoms with Crippen molar-refractivity contribution in [2.45, 2.75) is 30.6 Å². The highest BCUT2D eigenvalue weighted by atomic mass is 16.7. The van der Waals surface area contributed by atoms with Crippen LogP contribution < -0.4 is 9.47 Å². The van der Waals surface area contributed by atoms with E-state index < -0.39 is 17.8 Å². The number of aliphatic hydroxyl groups is 5. The minimum Gasteiger partial charge on any atom is -0.454 e. The number of ether oxygens (including phenoxy) is 2. The van der Waals surface area contributed by atoms with Gasteiger partial charge in [-0.05, 0) is 31.0 Å². The van der Waals surface area contributed by atoms with Gasteiger partial charge in [0.2, 0.25) is 6.79 Å². The van der Waals surface area contributed by atoms with Gasteiger partial charge in [-0.1, -0.05) is 0 Å². The molecule has 2 aliphatic heterocycles. The molecule has 0 amide bonds. The van der Waals surface area contributed by atoms with Gasteiger partial charge in [0.25, 0.3) is 11.7 Å². The number of nitrogens with zero attached hydrogens (tertiary/aromatic N) is 1. The molecule has 0 saturated carbocycles. The third kappa shape index (κ3) is 2.43. The van der Waals surface area contributed by atoms with E-state index in [9.17, 15) is 25.5 Å². The topological polar surface area (TPSA) is 123 Å². The summed E-state index contributed by atoms with van der Waals surface area (Å²) in [7, 11) is 0. The van der Waals surface area contributed by atoms with Gasteiger partial charge in [0.1, 0.15) is 0 Å². The summed E-state index contributed by atoms with van der Waals surface area (Å²) < 4.78 is 10.3. The third-order valence-electron chi connectivity index (χ3n) is 4.08. The molecule has 2 heterocycles. The monoisotopic (exact) mass is 313 g/mol. The lowest BCUT2D eigenvalue weighted by atomic mass is 9.98. The van der Waals surface area contributed by atoms with E-state index in [4.69, 9.17) is 9.47 Å². The minimum atomic E-state index is -2.97. The van der Waals surface area contributed by atoms with Crippen molar-refractivity contribution in [2.75, 3.05) is 19.9 Å². The maximum Gasteiger partial charge on any atom is 0.286 e. The summed E-state index contributed by atoms with van der Waals surface area (Å²) in [5.74, 6) is -5.19. The van der Waals surface area contributed by atoms with Gasteiger partial charge in [-0.15, -0.1) is 0 Å². The summed E-state index contributed by atoms with van der Waals surface area (Å²) in [6.45, 7) is 0.169. The summed E-state index contributed by atoms with van der Waals surface area (Å²) in [5.41, 5.74) is -0.151. The normalized spacial score (nSPS) is 22.9. The second kappa shape index (κ2) is 5.34. The van der Waals surface area contributed by atoms with Crippen molar-refractivity contribution in [2.24, 2.45) is 0 Å². The molecule has 8 nitrogen and oxygen atoms in total. The standard InChI is InChI=1S/C14H19NO7/c16-10-2-1-5-15(7-10)14(19,20)13(17,18)9-3-4-11-12(6-9)22-8-21-11/h3-4,6,10,16-20H,1-2,5,7-8H2. The zero-order chi connectivity index (χ0) is 16.0. The molecule has 1 atom stereocenters. The first kappa shape index (κ1) is 15.5. The number of piperidine rings is 1. The molecular formula is C14H19NO7. The van der Waals surface area contributed by atoms with E-state index in [2.05, 4.69) is 0 Å². The molecule has 0 aliphatic carbocycles. The Morgan fingerprint density at radius 2 is 1.82 bits per heavy atom. The molecule has 1 aromatic rings. The molecule has 22 heavy (non-hydrogen) atoms. The van der Waals surface area contributed by atoms with Gasteiger partial charge >= 0.3 is 0 Å². The zero-order valence-corrected chi connectivity index (χ0v) is 11.8. The fourth-order valence-electron chi connectivity index (χ4n) is 2.77. The van der Waals surface area contributed by atoms with Crippen LogP contribution in [0, 0.1) is 0 Å². The highest BCUT2D eigenvalue weighted by Crippen LogP contribution is 2.39. The molecule has 3 rings (SSSR count). The van der Waals surface area contributed by atoms with E-state index >= 15 is 0 Å². The van der Waals surface area contributed by atoms with E-state index in [0.29, 0.717) is 24.3 Å². The average Bonchev–Trinajstić information content (AvgIpc) is 2.94. The van der Waals surface area contributed by atoms with Crippen LogP contribution in [0.2, 0.25) is 0 Å². The minimum absolute atomic E-state index is 0.0182. The quantitative estimate of drug-likeness (QED) is 0.434. The summed E-state index contributed by atoms with van der Waals surface area (Å²) in [6, 6.07) is 4.05. The van der Waals surface area contributed by atoms with Gasteiger partial charge in [-0.25, -0.2) is 4.90 Å². The molecule has 1 unspecified atom stereocenters. The molecule has 0 radical (unpaired) electrons. The maximum atomic E-state index is 10.3. The molecule has 5 N–H and O–H groups in total. The van der Waals surface area contributed by atoms with Crippen molar-refractivity contribution in [3.05, 3.63) is 23.8 Å². The van der Waals surface area contributed by atoms with Crippen LogP contribution in [0.5, 0.6) is 11.5 Å². The lowest BCUT2D eigenvalue weighted by Gasteiger charge is -2.45. The first-order chi connectivity index (χ1) is 10.3. The zero-order valence-electron chi connectivity index (χ0n) is 11.8. The highest BCUT2D eigenvalue weighted by molar-refractivity contribution is 5.45. The highest BCUT2D eigenvalue weighted by Gasteiger charge is 2.54. The van der Waals surface area contributed by atoms with Crippen LogP contribution in [0.15, 0.2) is 18.2 Å². The Balaban J connectivity index is 1.90. The molecule has 2 aliphatic rings. The molecule has 8 heteroatoms. The van der Waals surface area contributed by atoms with E-state index in [1.165, 1.54) is 18.2 Å². The fourth-order valence-corrected chi connectivity index (χ4v) is 2.77. The van der Waals surface area contributed by atoms with Crippen molar-refractivity contribution in [1.82, 2.24) is 4.90 Å². The summed E-state index contributed by atoms with van der Waals surface area (Å²) in [6.07, 6.45) is 0.293. The van der Waals surface area contributed by atoms with Crippen LogP contribution in [0.3, 0.4) is 0 Å². The lowest BCUT2D eigenvalue weighted by molar-refractivity contribution is -0.424. The van der Waals surface area contributed by atoms with E-state index in [1.807, 2.05) is 0 Å². The summed E-state index contributed by atoms with van der Waals surface area (Å²) >= 11 is 0. The molecule has 0 bridgehead atoms. The summed E-state index contributed by atoms with van der Waals surface area (Å²) in [4.78, 5) is 1.03. The van der Waals surface area contributed by atoms with E-state index in [1.54, 1.807) is 0 Å². The number of hydrogen-bond acceptors (Lipinski definition) is 8. The second-order valence-corrected chi connectivity index (χ2v) is 5.62. The Bertz CT molecular complexity index is 560. The number of likely N-dealkylation sites (tertiary alicyclic amines) is 1. The number of β-amino-alcohol motifs (C(OH)–C–C–N with tert-alkyl or cyclic N) is 1. The molecular weight excluding hydrogens is 294 g/mol. The van der Waals surface area contributed by atoms with Crippen LogP contribution in [0.1, 0.15) is 18.4 Å². The predicted molar refractivity (Wildman–Crippen MR) is 72.7 cm³/mol. The fraction of sp³-hybridized carbons (Fsp3) is 0.571. The summed E-state index contributed by atoms with van der Waals surface area (Å²) in [5, 5.41) is 50.9. The van der Waals surface area contributed by atoms with E-state index in [-0.39, 0.29) is 25.4 Å². The van der Waals surface area contributed by atoms with Gasteiger partial charge in [0.15, 0.2) is 11.5 Å². The van der Waals surface area contributed by atoms with Crippen molar-refractivity contribution < 1.29 is 35.0 Å². The van der Waals surface area contributed by atoms with Crippen molar-refractivity contribution in [3.8, 4) is 11.5 Å². The predicted octanol–water partition coefficient (Wildman–Crippen LogP) is -1.35. The maximum absolute atomic E-state index is 10.3. The molecule has 122 valence electrons. The molecule has 0 spiro atoms. The average molecular weight is 313 g/mol. The van der Waals surface area contributed by atoms with Gasteiger partial charge in [-0.3, -0.25) is 0 Å². The molecule has 1 saturated heterocycles. The van der Waals surface area contributed by atoms with Gasteiger partial charge in [0.05, 0.1) is 6.10 Å². The van der Waals surface area contributed by atoms with Crippen LogP contribution in [-0.2, 0) is 5.79 Å². The Morgan fingerprint density at radius 1 is 1.09 bits per heavy atom. The Labute approximate surface area is 126 Å². The number of rotatable bonds is 3. The SMILES string of the molecule is OC1CCCN(C(O)(O)C(O)(O)c2ccc3c(c2)OCO3)C1. The van der Waals surface area contributed by atoms with Crippen LogP contribution in [-0.4, -0.2) is 62.3 Å². The molecule has 1 fully saturated rings. The second-order valence-electron chi connectivity index (χ2n) is 5.62. The van der Waals surface area contributed by atoms with Crippen molar-refractivity contribution >= 4 is 0 Å². The first-order valence-corrected chi connectivity index (χ1v) is 7.05. The van der Waals surface area contributed by atoms with Crippen molar-refractivity contribution in [3.63, 3.8) is 0 Å². The number of fused-ring (bicyclic) bond motifs is 1. The Hall–Kier alpha value is -1.42. The van der Waals surface area contributed by atoms with Gasteiger partial charge < -0.3 is 35.0 Å². The Kier molecular flexibility index (Phi) is 3.76. The Morgan fingerprint density at radius 3 is 2.55 bits per heavy atom. The lowest BCUT2D eigenvalue weighted by Crippen LogP contribution is -2.65. The smallest absolute Gasteiger partial charge is 0.286 e. The largest absolute Gasteiger partial charge is 0.454 e. The van der Waals surface area contributed by atoms with Crippen LogP contribution in [0.25, 0.3) is 0 Å². The molecule has 0 aromatic heterocycles. The third-order valence-corrected chi connectivity index (χ3v) is 4.08. The van der Waals surface area contributed by atoms with Gasteiger partial charge in [-0.2, -0.15) is 0 Å². The number of aliphatic hydroxyl groups excluding tert-OH is 1. The van der Waals surface area contributed by atoms with Crippen LogP contribution in [0.4, 0.5) is 0 Å². The van der Waals surface area contributed by atoms with Gasteiger partial charge in [0, 0.05) is 18.7 Å². The van der Waals surface area contributed by atoms with Crippen molar-refractivity contribution in [1.29, 1.82) is 0 Å².